The molecule has 0 aliphatic carbocycles. The summed E-state index contributed by atoms with van der Waals surface area (Å²) in [6.45, 7) is 6.04. The van der Waals surface area contributed by atoms with Gasteiger partial charge in [-0.1, -0.05) is 39.3 Å². The number of carbonyl (C=O) groups excluding carboxylic acids is 7. The molecular formula is C42H73N15O8. The Morgan fingerprint density at radius 3 is 1.86 bits per heavy atom. The van der Waals surface area contributed by atoms with E-state index in [2.05, 4.69) is 31.3 Å². The minimum atomic E-state index is -1.32. The molecule has 23 nitrogen and oxygen atoms in total. The molecule has 1 aliphatic rings. The minimum Gasteiger partial charge on any atom is -0.508 e. The number of hydrogen-bond donors (Lipinski definition) is 12. The second-order valence-corrected chi connectivity index (χ2v) is 16.7. The maximum Gasteiger partial charge on any atom is 0.245 e. The lowest BCUT2D eigenvalue weighted by atomic mass is 10.0. The Labute approximate surface area is 380 Å². The van der Waals surface area contributed by atoms with E-state index in [4.69, 9.17) is 40.1 Å². The first kappa shape index (κ1) is 54.9. The number of primary amides is 1. The van der Waals surface area contributed by atoms with Crippen molar-refractivity contribution in [3.8, 4) is 5.75 Å². The Morgan fingerprint density at radius 1 is 0.769 bits per heavy atom. The van der Waals surface area contributed by atoms with Crippen molar-refractivity contribution in [2.24, 2.45) is 56.0 Å². The van der Waals surface area contributed by atoms with Gasteiger partial charge in [0.15, 0.2) is 11.9 Å². The molecule has 7 atom stereocenters. The lowest BCUT2D eigenvalue weighted by molar-refractivity contribution is -0.142. The fraction of sp³-hybridized carbons (Fsp3) is 0.643. The van der Waals surface area contributed by atoms with E-state index < -0.39 is 83.6 Å². The molecular weight excluding hydrogens is 843 g/mol. The Hall–Kier alpha value is -6.23. The van der Waals surface area contributed by atoms with E-state index in [-0.39, 0.29) is 88.3 Å². The van der Waals surface area contributed by atoms with Gasteiger partial charge in [-0.3, -0.25) is 43.5 Å². The number of phenols is 1. The van der Waals surface area contributed by atoms with Gasteiger partial charge in [0.05, 0.1) is 6.04 Å². The van der Waals surface area contributed by atoms with E-state index in [1.54, 1.807) is 19.1 Å². The first-order valence-electron chi connectivity index (χ1n) is 22.1. The van der Waals surface area contributed by atoms with Gasteiger partial charge in [0.2, 0.25) is 41.4 Å². The number of aliphatic imine (C=N–C) groups is 2. The van der Waals surface area contributed by atoms with Gasteiger partial charge in [0.25, 0.3) is 0 Å². The third-order valence-corrected chi connectivity index (χ3v) is 10.9. The number of likely N-dealkylation sites (tertiary alicyclic amines) is 1. The summed E-state index contributed by atoms with van der Waals surface area (Å²) < 4.78 is 0. The van der Waals surface area contributed by atoms with Crippen LogP contribution in [0.3, 0.4) is 0 Å². The normalized spacial score (nSPS) is 16.2. The third-order valence-electron chi connectivity index (χ3n) is 10.9. The van der Waals surface area contributed by atoms with Crippen molar-refractivity contribution in [2.45, 2.75) is 134 Å². The number of hydrogen-bond acceptors (Lipinski definition) is 12. The molecule has 1 aromatic rings. The minimum absolute atomic E-state index is 0.0309. The van der Waals surface area contributed by atoms with Gasteiger partial charge < -0.3 is 76.3 Å². The number of phenolic OH excluding ortho intramolecular Hbond substituents is 1. The van der Waals surface area contributed by atoms with Crippen LogP contribution in [0, 0.1) is 5.92 Å². The van der Waals surface area contributed by atoms with Gasteiger partial charge in [0, 0.05) is 39.6 Å². The van der Waals surface area contributed by atoms with Gasteiger partial charge in [-0.2, -0.15) is 0 Å². The Kier molecular flexibility index (Phi) is 23.5. The summed E-state index contributed by atoms with van der Waals surface area (Å²) >= 11 is 0. The van der Waals surface area contributed by atoms with Crippen molar-refractivity contribution in [1.82, 2.24) is 31.1 Å². The highest BCUT2D eigenvalue weighted by Gasteiger charge is 2.39. The maximum absolute atomic E-state index is 14.3. The molecule has 0 radical (unpaired) electrons. The van der Waals surface area contributed by atoms with Crippen LogP contribution in [0.25, 0.3) is 0 Å². The van der Waals surface area contributed by atoms with Crippen molar-refractivity contribution in [2.75, 3.05) is 33.2 Å². The lowest BCUT2D eigenvalue weighted by Crippen LogP contribution is -2.61. The van der Waals surface area contributed by atoms with Crippen LogP contribution in [0.5, 0.6) is 5.75 Å². The van der Waals surface area contributed by atoms with Gasteiger partial charge in [-0.05, 0) is 81.4 Å². The molecule has 1 aliphatic heterocycles. The highest BCUT2D eigenvalue weighted by molar-refractivity contribution is 5.97. The van der Waals surface area contributed by atoms with Crippen LogP contribution in [0.2, 0.25) is 0 Å². The van der Waals surface area contributed by atoms with Crippen LogP contribution in [0.1, 0.15) is 90.5 Å². The van der Waals surface area contributed by atoms with Crippen LogP contribution in [-0.4, -0.2) is 144 Å². The van der Waals surface area contributed by atoms with Gasteiger partial charge in [-0.25, -0.2) is 0 Å². The predicted octanol–water partition coefficient (Wildman–Crippen LogP) is -3.19. The van der Waals surface area contributed by atoms with E-state index in [1.165, 1.54) is 24.1 Å². The zero-order valence-electron chi connectivity index (χ0n) is 38.2. The summed E-state index contributed by atoms with van der Waals surface area (Å²) in [4.78, 5) is 106. The molecule has 1 fully saturated rings. The number of aromatic hydroxyl groups is 1. The van der Waals surface area contributed by atoms with Crippen LogP contribution in [0.15, 0.2) is 34.3 Å². The predicted molar refractivity (Wildman–Crippen MR) is 246 cm³/mol. The molecule has 7 amide bonds. The zero-order valence-corrected chi connectivity index (χ0v) is 38.2. The first-order chi connectivity index (χ1) is 30.7. The van der Waals surface area contributed by atoms with Crippen molar-refractivity contribution in [1.29, 1.82) is 0 Å². The number of nitrogens with two attached hydrogens (primary N) is 7. The Bertz CT molecular complexity index is 1800. The molecule has 364 valence electrons. The molecule has 0 aromatic heterocycles. The largest absolute Gasteiger partial charge is 0.508 e. The highest BCUT2D eigenvalue weighted by atomic mass is 16.3. The number of benzene rings is 1. The topological polar surface area (TPSA) is 401 Å². The average molecular weight is 916 g/mol. The van der Waals surface area contributed by atoms with Gasteiger partial charge in [0.1, 0.15) is 42.0 Å². The first-order valence-corrected chi connectivity index (χ1v) is 22.1. The molecule has 19 N–H and O–H groups in total. The summed E-state index contributed by atoms with van der Waals surface area (Å²) in [5.41, 5.74) is 40.1. The van der Waals surface area contributed by atoms with Crippen LogP contribution >= 0.6 is 0 Å². The molecule has 0 bridgehead atoms. The van der Waals surface area contributed by atoms with E-state index in [0.29, 0.717) is 37.7 Å². The molecule has 65 heavy (non-hydrogen) atoms. The molecule has 0 unspecified atom stereocenters. The Morgan fingerprint density at radius 2 is 1.32 bits per heavy atom. The monoisotopic (exact) mass is 916 g/mol. The number of carbonyl (C=O) groups is 7. The summed E-state index contributed by atoms with van der Waals surface area (Å²) in [5, 5.41) is 20.7. The van der Waals surface area contributed by atoms with Crippen LogP contribution < -0.4 is 61.4 Å². The zero-order chi connectivity index (χ0) is 48.8. The third kappa shape index (κ3) is 18.8. The van der Waals surface area contributed by atoms with Gasteiger partial charge in [-0.15, -0.1) is 0 Å². The standard InChI is InChI=1S/C42H73N15O8/c1-5-9-29(53-36(61)30(11-7-20-51-42(48)49)54-37(62)32-12-8-21-57(32)39(64)27(44)10-6-19-50-41(46)47)35(60)55-31(22-25-14-16-26(58)17-15-25)40(65)56(4)33(23-43)38(63)52-28(34(45)59)18-13-24(2)3/h14-17,24,27-33,58H,5-13,18-23,43-44H2,1-4H3,(H2,45,59)(H,52,63)(H,53,61)(H,54,62)(H,55,60)(H4,46,47,50)(H4,48,49,51)/t27-,28-,29-,30-,31-,32-,33-/m0/s1. The van der Waals surface area contributed by atoms with Crippen molar-refractivity contribution in [3.63, 3.8) is 0 Å². The number of nitrogens with one attached hydrogen (secondary N) is 4. The molecule has 1 heterocycles. The van der Waals surface area contributed by atoms with Crippen molar-refractivity contribution in [3.05, 3.63) is 29.8 Å². The van der Waals surface area contributed by atoms with Crippen LogP contribution in [0.4, 0.5) is 0 Å². The quantitative estimate of drug-likeness (QED) is 0.0224. The van der Waals surface area contributed by atoms with Gasteiger partial charge >= 0.3 is 0 Å². The summed E-state index contributed by atoms with van der Waals surface area (Å²) in [7, 11) is 1.34. The van der Waals surface area contributed by atoms with Crippen molar-refractivity contribution >= 4 is 53.3 Å². The maximum atomic E-state index is 14.3. The lowest BCUT2D eigenvalue weighted by Gasteiger charge is -2.32. The molecule has 0 saturated carbocycles. The fourth-order valence-corrected chi connectivity index (χ4v) is 7.26. The van der Waals surface area contributed by atoms with Crippen molar-refractivity contribution < 1.29 is 38.7 Å². The summed E-state index contributed by atoms with van der Waals surface area (Å²) in [5.74, 6) is -4.72. The van der Waals surface area contributed by atoms with E-state index in [9.17, 15) is 38.7 Å². The fourth-order valence-electron chi connectivity index (χ4n) is 7.26. The molecule has 23 heteroatoms. The number of guanidine groups is 2. The summed E-state index contributed by atoms with van der Waals surface area (Å²) in [6.07, 6.45) is 3.14. The number of rotatable bonds is 28. The van der Waals surface area contributed by atoms with E-state index in [1.807, 2.05) is 13.8 Å². The van der Waals surface area contributed by atoms with E-state index >= 15 is 0 Å². The molecule has 0 spiro atoms. The smallest absolute Gasteiger partial charge is 0.245 e. The van der Waals surface area contributed by atoms with Crippen LogP contribution in [-0.2, 0) is 40.0 Å². The number of likely N-dealkylation sites (N-methyl/N-ethyl adjacent to an activating group) is 1. The molecule has 1 aromatic carbocycles. The SMILES string of the molecule is CCC[C@H](NC(=O)[C@H](CCCN=C(N)N)NC(=O)[C@@H]1CCCN1C(=O)[C@@H](N)CCCN=C(N)N)C(=O)N[C@@H](Cc1ccc(O)cc1)C(=O)N(C)[C@@H](CN)C(=O)N[C@@H](CCC(C)C)C(N)=O. The summed E-state index contributed by atoms with van der Waals surface area (Å²) in [6, 6.07) is -1.90. The number of amides is 7. The average Bonchev–Trinajstić information content (AvgIpc) is 3.75. The Balaban J connectivity index is 2.37. The van der Waals surface area contributed by atoms with E-state index in [0.717, 1.165) is 4.90 Å². The number of nitrogens with zero attached hydrogens (tertiary/aromatic N) is 4. The molecule has 2 rings (SSSR count). The second kappa shape index (κ2) is 27.8. The highest BCUT2D eigenvalue weighted by Crippen LogP contribution is 2.20. The molecule has 1 saturated heterocycles. The second-order valence-electron chi connectivity index (χ2n) is 16.7.